The third kappa shape index (κ3) is 2.75. The summed E-state index contributed by atoms with van der Waals surface area (Å²) in [6.07, 6.45) is 4.09. The summed E-state index contributed by atoms with van der Waals surface area (Å²) >= 11 is 0. The number of pyridine rings is 1. The maximum Gasteiger partial charge on any atom is 0.262 e. The highest BCUT2D eigenvalue weighted by Crippen LogP contribution is 2.20. The van der Waals surface area contributed by atoms with Gasteiger partial charge in [0.15, 0.2) is 0 Å². The standard InChI is InChI=1S/C13H11N5O2S/c14-13-4-1-9-5-11(2-3-12(9)17-13)21(19,20)18-10-6-15-8-16-7-10/h1-8,18H,(H2,14,17). The van der Waals surface area contributed by atoms with Crippen LogP contribution < -0.4 is 10.5 Å². The van der Waals surface area contributed by atoms with Crippen molar-refractivity contribution in [2.45, 2.75) is 4.90 Å². The summed E-state index contributed by atoms with van der Waals surface area (Å²) in [6.45, 7) is 0. The van der Waals surface area contributed by atoms with E-state index in [9.17, 15) is 8.42 Å². The smallest absolute Gasteiger partial charge is 0.262 e. The topological polar surface area (TPSA) is 111 Å². The molecule has 0 atom stereocenters. The van der Waals surface area contributed by atoms with Gasteiger partial charge in [0.25, 0.3) is 10.0 Å². The van der Waals surface area contributed by atoms with E-state index in [1.807, 2.05) is 0 Å². The lowest BCUT2D eigenvalue weighted by Crippen LogP contribution is -2.13. The molecule has 2 aromatic heterocycles. The van der Waals surface area contributed by atoms with E-state index in [1.165, 1.54) is 30.9 Å². The molecule has 8 heteroatoms. The quantitative estimate of drug-likeness (QED) is 0.756. The highest BCUT2D eigenvalue weighted by Gasteiger charge is 2.15. The summed E-state index contributed by atoms with van der Waals surface area (Å²) in [4.78, 5) is 11.8. The van der Waals surface area contributed by atoms with Gasteiger partial charge in [-0.3, -0.25) is 4.72 Å². The second kappa shape index (κ2) is 4.98. The molecule has 0 radical (unpaired) electrons. The molecule has 0 aliphatic rings. The van der Waals surface area contributed by atoms with E-state index >= 15 is 0 Å². The Balaban J connectivity index is 2.01. The van der Waals surface area contributed by atoms with Gasteiger partial charge in [0.05, 0.1) is 28.5 Å². The predicted molar refractivity (Wildman–Crippen MR) is 79.0 cm³/mol. The van der Waals surface area contributed by atoms with E-state index in [4.69, 9.17) is 5.73 Å². The molecule has 21 heavy (non-hydrogen) atoms. The van der Waals surface area contributed by atoms with Gasteiger partial charge in [-0.1, -0.05) is 0 Å². The number of nitrogens with zero attached hydrogens (tertiary/aromatic N) is 3. The van der Waals surface area contributed by atoms with Crippen LogP contribution in [0.3, 0.4) is 0 Å². The predicted octanol–water partition coefficient (Wildman–Crippen LogP) is 1.41. The molecule has 0 spiro atoms. The van der Waals surface area contributed by atoms with Crippen molar-refractivity contribution in [2.24, 2.45) is 0 Å². The number of hydrogen-bond donors (Lipinski definition) is 2. The Kier molecular flexibility index (Phi) is 3.15. The molecule has 0 aliphatic heterocycles. The fourth-order valence-corrected chi connectivity index (χ4v) is 2.92. The van der Waals surface area contributed by atoms with Gasteiger partial charge in [0.2, 0.25) is 0 Å². The van der Waals surface area contributed by atoms with Crippen LogP contribution >= 0.6 is 0 Å². The minimum absolute atomic E-state index is 0.130. The van der Waals surface area contributed by atoms with Crippen molar-refractivity contribution in [3.63, 3.8) is 0 Å². The lowest BCUT2D eigenvalue weighted by molar-refractivity contribution is 0.601. The lowest BCUT2D eigenvalue weighted by atomic mass is 10.2. The van der Waals surface area contributed by atoms with E-state index in [0.717, 1.165) is 0 Å². The van der Waals surface area contributed by atoms with Gasteiger partial charge in [-0.15, -0.1) is 0 Å². The molecule has 0 bridgehead atoms. The van der Waals surface area contributed by atoms with Crippen molar-refractivity contribution in [2.75, 3.05) is 10.5 Å². The van der Waals surface area contributed by atoms with E-state index in [2.05, 4.69) is 19.7 Å². The molecule has 3 N–H and O–H groups in total. The number of nitrogens with two attached hydrogens (primary N) is 1. The normalized spacial score (nSPS) is 11.4. The first-order chi connectivity index (χ1) is 10.0. The zero-order chi connectivity index (χ0) is 14.9. The fourth-order valence-electron chi connectivity index (χ4n) is 1.85. The first kappa shape index (κ1) is 13.3. The summed E-state index contributed by atoms with van der Waals surface area (Å²) in [5, 5.41) is 0.691. The van der Waals surface area contributed by atoms with Gasteiger partial charge in [-0.05, 0) is 30.3 Å². The number of hydrogen-bond acceptors (Lipinski definition) is 6. The van der Waals surface area contributed by atoms with Crippen LogP contribution in [0, 0.1) is 0 Å². The second-order valence-electron chi connectivity index (χ2n) is 4.32. The minimum atomic E-state index is -3.70. The van der Waals surface area contributed by atoms with Crippen molar-refractivity contribution in [3.05, 3.63) is 49.1 Å². The van der Waals surface area contributed by atoms with Crippen molar-refractivity contribution in [3.8, 4) is 0 Å². The Bertz CT molecular complexity index is 897. The molecule has 106 valence electrons. The van der Waals surface area contributed by atoms with E-state index in [1.54, 1.807) is 18.2 Å². The molecule has 0 unspecified atom stereocenters. The van der Waals surface area contributed by atoms with Crippen LogP contribution in [0.4, 0.5) is 11.5 Å². The molecule has 3 aromatic rings. The molecule has 2 heterocycles. The number of anilines is 2. The molecule has 1 aromatic carbocycles. The van der Waals surface area contributed by atoms with Crippen LogP contribution in [-0.4, -0.2) is 23.4 Å². The maximum atomic E-state index is 12.3. The maximum absolute atomic E-state index is 12.3. The largest absolute Gasteiger partial charge is 0.384 e. The Morgan fingerprint density at radius 3 is 2.57 bits per heavy atom. The Morgan fingerprint density at radius 2 is 1.81 bits per heavy atom. The van der Waals surface area contributed by atoms with Crippen molar-refractivity contribution in [1.82, 2.24) is 15.0 Å². The van der Waals surface area contributed by atoms with Crippen molar-refractivity contribution in [1.29, 1.82) is 0 Å². The van der Waals surface area contributed by atoms with Gasteiger partial charge in [0.1, 0.15) is 12.1 Å². The highest BCUT2D eigenvalue weighted by molar-refractivity contribution is 7.92. The van der Waals surface area contributed by atoms with Crippen LogP contribution in [0.2, 0.25) is 0 Å². The monoisotopic (exact) mass is 301 g/mol. The summed E-state index contributed by atoms with van der Waals surface area (Å²) in [6, 6.07) is 7.97. The molecule has 7 nitrogen and oxygen atoms in total. The Morgan fingerprint density at radius 1 is 1.05 bits per heavy atom. The second-order valence-corrected chi connectivity index (χ2v) is 6.01. The molecule has 0 fully saturated rings. The Labute approximate surface area is 120 Å². The number of sulfonamides is 1. The highest BCUT2D eigenvalue weighted by atomic mass is 32.2. The average Bonchev–Trinajstić information content (AvgIpc) is 2.47. The molecular formula is C13H11N5O2S. The third-order valence-corrected chi connectivity index (χ3v) is 4.18. The molecular weight excluding hydrogens is 290 g/mol. The van der Waals surface area contributed by atoms with Crippen LogP contribution in [-0.2, 0) is 10.0 Å². The van der Waals surface area contributed by atoms with Gasteiger partial charge in [-0.25, -0.2) is 23.4 Å². The number of nitrogen functional groups attached to an aromatic ring is 1. The number of rotatable bonds is 3. The van der Waals surface area contributed by atoms with Gasteiger partial charge in [0, 0.05) is 5.39 Å². The van der Waals surface area contributed by atoms with Crippen LogP contribution in [0.15, 0.2) is 53.9 Å². The van der Waals surface area contributed by atoms with Gasteiger partial charge >= 0.3 is 0 Å². The molecule has 0 amide bonds. The molecule has 0 saturated heterocycles. The van der Waals surface area contributed by atoms with Crippen LogP contribution in [0.25, 0.3) is 10.9 Å². The lowest BCUT2D eigenvalue weighted by Gasteiger charge is -2.08. The summed E-state index contributed by atoms with van der Waals surface area (Å²) in [5.41, 5.74) is 6.53. The van der Waals surface area contributed by atoms with E-state index < -0.39 is 10.0 Å². The summed E-state index contributed by atoms with van der Waals surface area (Å²) in [7, 11) is -3.70. The van der Waals surface area contributed by atoms with Crippen molar-refractivity contribution < 1.29 is 8.42 Å². The molecule has 3 rings (SSSR count). The number of aromatic nitrogens is 3. The number of benzene rings is 1. The first-order valence-electron chi connectivity index (χ1n) is 5.99. The molecule has 0 aliphatic carbocycles. The van der Waals surface area contributed by atoms with Crippen LogP contribution in [0.1, 0.15) is 0 Å². The van der Waals surface area contributed by atoms with Crippen LogP contribution in [0.5, 0.6) is 0 Å². The number of nitrogens with one attached hydrogen (secondary N) is 1. The molecule has 0 saturated carbocycles. The Hall–Kier alpha value is -2.74. The van der Waals surface area contributed by atoms with Crippen molar-refractivity contribution >= 4 is 32.4 Å². The van der Waals surface area contributed by atoms with Gasteiger partial charge in [-0.2, -0.15) is 0 Å². The zero-order valence-corrected chi connectivity index (χ0v) is 11.6. The van der Waals surface area contributed by atoms with E-state index in [0.29, 0.717) is 22.4 Å². The fraction of sp³-hybridized carbons (Fsp3) is 0. The SMILES string of the molecule is Nc1ccc2cc(S(=O)(=O)Nc3cncnc3)ccc2n1. The average molecular weight is 301 g/mol. The first-order valence-corrected chi connectivity index (χ1v) is 7.47. The third-order valence-electron chi connectivity index (χ3n) is 2.81. The van der Waals surface area contributed by atoms with E-state index in [-0.39, 0.29) is 4.90 Å². The minimum Gasteiger partial charge on any atom is -0.384 e. The zero-order valence-electron chi connectivity index (χ0n) is 10.8. The van der Waals surface area contributed by atoms with Gasteiger partial charge < -0.3 is 5.73 Å². The number of fused-ring (bicyclic) bond motifs is 1. The summed E-state index contributed by atoms with van der Waals surface area (Å²) < 4.78 is 27.0. The summed E-state index contributed by atoms with van der Waals surface area (Å²) in [5.74, 6) is 0.387.